The third kappa shape index (κ3) is 11.1. The zero-order valence-electron chi connectivity index (χ0n) is 27.8. The molecule has 0 aromatic heterocycles. The van der Waals surface area contributed by atoms with Gasteiger partial charge in [0.15, 0.2) is 0 Å². The van der Waals surface area contributed by atoms with Gasteiger partial charge in [-0.2, -0.15) is 5.26 Å². The highest BCUT2D eigenvalue weighted by Crippen LogP contribution is 2.40. The Balaban J connectivity index is 1.66. The van der Waals surface area contributed by atoms with E-state index in [1.165, 1.54) is 24.3 Å². The summed E-state index contributed by atoms with van der Waals surface area (Å²) in [6.45, 7) is 5.98. The van der Waals surface area contributed by atoms with Crippen LogP contribution < -0.4 is 20.7 Å². The lowest BCUT2D eigenvalue weighted by molar-refractivity contribution is -0.384. The third-order valence-electron chi connectivity index (χ3n) is 7.18. The van der Waals surface area contributed by atoms with Crippen molar-refractivity contribution in [1.29, 1.82) is 5.26 Å². The largest absolute Gasteiger partial charge is 0.491 e. The topological polar surface area (TPSA) is 211 Å². The number of rotatable bonds is 18. The highest BCUT2D eigenvalue weighted by atomic mass is 16.6. The van der Waals surface area contributed by atoms with Gasteiger partial charge in [0.05, 0.1) is 61.0 Å². The molecule has 3 rings (SSSR count). The van der Waals surface area contributed by atoms with Crippen LogP contribution in [-0.2, 0) is 35.0 Å². The first-order chi connectivity index (χ1) is 23.5. The van der Waals surface area contributed by atoms with Gasteiger partial charge in [-0.1, -0.05) is 38.1 Å². The number of allylic oxidation sites excluding steroid dienone is 1. The second-order valence-corrected chi connectivity index (χ2v) is 11.2. The summed E-state index contributed by atoms with van der Waals surface area (Å²) >= 11 is 0. The summed E-state index contributed by atoms with van der Waals surface area (Å²) in [6.07, 6.45) is -0.563. The van der Waals surface area contributed by atoms with Crippen LogP contribution in [0.2, 0.25) is 0 Å². The molecule has 49 heavy (non-hydrogen) atoms. The van der Waals surface area contributed by atoms with Crippen LogP contribution in [0.15, 0.2) is 71.1 Å². The van der Waals surface area contributed by atoms with Crippen LogP contribution in [0.3, 0.4) is 0 Å². The van der Waals surface area contributed by atoms with Crippen molar-refractivity contribution in [2.24, 2.45) is 0 Å². The molecule has 2 aromatic rings. The van der Waals surface area contributed by atoms with E-state index in [1.54, 1.807) is 31.2 Å². The summed E-state index contributed by atoms with van der Waals surface area (Å²) in [5.41, 5.74) is 0.224. The van der Waals surface area contributed by atoms with Crippen LogP contribution in [0.4, 0.5) is 5.69 Å². The monoisotopic (exact) mass is 679 g/mol. The predicted octanol–water partition coefficient (Wildman–Crippen LogP) is 2.16. The SMILES string of the molecule is CCOC(=O)C1=C(COCCNC(=O)Cc2ccc(OCC(O)CNC(C)C)cc2)NC(C#N)=C(C(=O)OC)C1c1cccc([N+](=O)[O-])c1. The Hall–Kier alpha value is -5.30. The molecule has 1 aliphatic heterocycles. The van der Waals surface area contributed by atoms with E-state index >= 15 is 0 Å². The van der Waals surface area contributed by atoms with Crippen molar-refractivity contribution >= 4 is 23.5 Å². The fourth-order valence-corrected chi connectivity index (χ4v) is 4.89. The molecule has 1 aliphatic rings. The average Bonchev–Trinajstić information content (AvgIpc) is 3.09. The van der Waals surface area contributed by atoms with Crippen molar-refractivity contribution in [3.8, 4) is 11.8 Å². The predicted molar refractivity (Wildman–Crippen MR) is 176 cm³/mol. The Bertz CT molecular complexity index is 1600. The van der Waals surface area contributed by atoms with Gasteiger partial charge >= 0.3 is 11.9 Å². The summed E-state index contributed by atoms with van der Waals surface area (Å²) < 4.78 is 21.5. The van der Waals surface area contributed by atoms with Gasteiger partial charge in [0.1, 0.15) is 30.2 Å². The number of ether oxygens (including phenoxy) is 4. The average molecular weight is 680 g/mol. The van der Waals surface area contributed by atoms with E-state index in [0.29, 0.717) is 12.3 Å². The number of aliphatic hydroxyl groups excluding tert-OH is 1. The molecule has 2 atom stereocenters. The van der Waals surface area contributed by atoms with Gasteiger partial charge in [-0.15, -0.1) is 0 Å². The molecule has 0 aliphatic carbocycles. The lowest BCUT2D eigenvalue weighted by atomic mass is 9.80. The lowest BCUT2D eigenvalue weighted by Gasteiger charge is -2.30. The van der Waals surface area contributed by atoms with Crippen LogP contribution in [0.5, 0.6) is 5.75 Å². The number of hydrogen-bond acceptors (Lipinski definition) is 13. The van der Waals surface area contributed by atoms with Gasteiger partial charge in [0, 0.05) is 31.3 Å². The molecule has 262 valence electrons. The summed E-state index contributed by atoms with van der Waals surface area (Å²) in [6, 6.07) is 14.5. The van der Waals surface area contributed by atoms with Gasteiger partial charge in [-0.05, 0) is 30.2 Å². The minimum atomic E-state index is -1.25. The molecule has 0 spiro atoms. The van der Waals surface area contributed by atoms with Gasteiger partial charge in [-0.3, -0.25) is 14.9 Å². The van der Waals surface area contributed by atoms with E-state index < -0.39 is 28.9 Å². The van der Waals surface area contributed by atoms with Crippen LogP contribution >= 0.6 is 0 Å². The van der Waals surface area contributed by atoms with Gasteiger partial charge in [0.25, 0.3) is 5.69 Å². The van der Waals surface area contributed by atoms with Crippen LogP contribution in [-0.4, -0.2) is 86.6 Å². The highest BCUT2D eigenvalue weighted by Gasteiger charge is 2.40. The van der Waals surface area contributed by atoms with Crippen LogP contribution in [0.1, 0.15) is 37.8 Å². The zero-order chi connectivity index (χ0) is 35.9. The first-order valence-electron chi connectivity index (χ1n) is 15.6. The summed E-state index contributed by atoms with van der Waals surface area (Å²) in [7, 11) is 1.11. The number of nitro groups is 1. The lowest BCUT2D eigenvalue weighted by Crippen LogP contribution is -2.35. The van der Waals surface area contributed by atoms with Gasteiger partial charge < -0.3 is 40.0 Å². The number of carbonyl (C=O) groups excluding carboxylic acids is 3. The molecule has 0 saturated heterocycles. The molecule has 1 amide bonds. The maximum atomic E-state index is 13.3. The molecule has 0 fully saturated rings. The summed E-state index contributed by atoms with van der Waals surface area (Å²) in [4.78, 5) is 49.7. The van der Waals surface area contributed by atoms with E-state index in [9.17, 15) is 34.9 Å². The molecule has 0 bridgehead atoms. The number of benzene rings is 2. The molecular weight excluding hydrogens is 638 g/mol. The number of esters is 2. The fraction of sp³-hybridized carbons (Fsp3) is 0.412. The zero-order valence-corrected chi connectivity index (χ0v) is 27.8. The van der Waals surface area contributed by atoms with E-state index in [-0.39, 0.29) is 85.1 Å². The second-order valence-electron chi connectivity index (χ2n) is 11.2. The molecule has 2 unspecified atom stereocenters. The van der Waals surface area contributed by atoms with E-state index in [1.807, 2.05) is 19.9 Å². The Morgan fingerprint density at radius 2 is 1.86 bits per heavy atom. The maximum Gasteiger partial charge on any atom is 0.337 e. The van der Waals surface area contributed by atoms with E-state index in [0.717, 1.165) is 12.7 Å². The molecule has 1 heterocycles. The fourth-order valence-electron chi connectivity index (χ4n) is 4.89. The van der Waals surface area contributed by atoms with Crippen molar-refractivity contribution in [3.63, 3.8) is 0 Å². The van der Waals surface area contributed by atoms with E-state index in [2.05, 4.69) is 16.0 Å². The standard InChI is InChI=1S/C34H41N5O10/c1-5-48-34(43)32-28(38-27(17-35)31(33(42)46-4)30(32)23-7-6-8-24(16-23)39(44)45)20-47-14-13-36-29(41)15-22-9-11-26(12-10-22)49-19-25(40)18-37-21(2)3/h6-12,16,21,25,30,37-38,40H,5,13-15,18-20H2,1-4H3,(H,36,41). The molecule has 4 N–H and O–H groups in total. The quantitative estimate of drug-likeness (QED) is 0.0771. The molecule has 15 nitrogen and oxygen atoms in total. The number of nitrogens with one attached hydrogen (secondary N) is 3. The highest BCUT2D eigenvalue weighted by molar-refractivity contribution is 6.00. The number of nitrogens with zero attached hydrogens (tertiary/aromatic N) is 2. The normalized spacial score (nSPS) is 14.8. The number of aliphatic hydroxyl groups is 1. The summed E-state index contributed by atoms with van der Waals surface area (Å²) in [5, 5.41) is 40.1. The van der Waals surface area contributed by atoms with Gasteiger partial charge in [-0.25, -0.2) is 9.59 Å². The number of dihydropyridines is 1. The maximum absolute atomic E-state index is 13.3. The van der Waals surface area contributed by atoms with Crippen LogP contribution in [0, 0.1) is 21.4 Å². The van der Waals surface area contributed by atoms with E-state index in [4.69, 9.17) is 18.9 Å². The Morgan fingerprint density at radius 1 is 1.12 bits per heavy atom. The summed E-state index contributed by atoms with van der Waals surface area (Å²) in [5.74, 6) is -2.69. The van der Waals surface area contributed by atoms with Crippen molar-refractivity contribution in [1.82, 2.24) is 16.0 Å². The molecule has 15 heteroatoms. The number of nitriles is 1. The number of methoxy groups -OCH3 is 1. The van der Waals surface area contributed by atoms with Crippen molar-refractivity contribution in [2.45, 2.75) is 45.3 Å². The molecule has 2 aromatic carbocycles. The molecule has 0 radical (unpaired) electrons. The first kappa shape index (κ1) is 38.2. The van der Waals surface area contributed by atoms with Crippen molar-refractivity contribution < 1.29 is 43.4 Å². The Kier molecular flexibility index (Phi) is 14.7. The number of carbonyl (C=O) groups is 3. The van der Waals surface area contributed by atoms with Crippen molar-refractivity contribution in [3.05, 3.63) is 92.3 Å². The third-order valence-corrected chi connectivity index (χ3v) is 7.18. The minimum Gasteiger partial charge on any atom is -0.491 e. The Labute approximate surface area is 284 Å². The number of hydrogen-bond donors (Lipinski definition) is 4. The molecular formula is C34H41N5O10. The van der Waals surface area contributed by atoms with Crippen LogP contribution in [0.25, 0.3) is 0 Å². The second kappa shape index (κ2) is 18.9. The van der Waals surface area contributed by atoms with Gasteiger partial charge in [0.2, 0.25) is 5.91 Å². The number of amides is 1. The number of nitro benzene ring substituents is 1. The number of non-ortho nitro benzene ring substituents is 1. The smallest absolute Gasteiger partial charge is 0.337 e. The first-order valence-corrected chi connectivity index (χ1v) is 15.6. The molecule has 0 saturated carbocycles. The minimum absolute atomic E-state index is 0.0123. The Morgan fingerprint density at radius 3 is 2.49 bits per heavy atom. The van der Waals surface area contributed by atoms with Crippen molar-refractivity contribution in [2.75, 3.05) is 46.6 Å².